The van der Waals surface area contributed by atoms with Crippen LogP contribution in [0, 0.1) is 0 Å². The summed E-state index contributed by atoms with van der Waals surface area (Å²) in [5.41, 5.74) is 0. The summed E-state index contributed by atoms with van der Waals surface area (Å²) in [5, 5.41) is 1.44. The first-order valence-electron chi connectivity index (χ1n) is 9.97. The molecule has 1 unspecified atom stereocenters. The number of pyridine rings is 1. The molecule has 1 atom stereocenters. The van der Waals surface area contributed by atoms with E-state index in [4.69, 9.17) is 0 Å². The predicted molar refractivity (Wildman–Crippen MR) is 108 cm³/mol. The molecule has 0 bridgehead atoms. The fraction of sp³-hybridized carbons (Fsp3) is 0.762. The summed E-state index contributed by atoms with van der Waals surface area (Å²) in [6.07, 6.45) is 24.1. The smallest absolute Gasteiger partial charge is 0.0267 e. The average Bonchev–Trinajstić information content (AvgIpc) is 2.61. The third-order valence-electron chi connectivity index (χ3n) is 4.12. The van der Waals surface area contributed by atoms with Gasteiger partial charge in [0.2, 0.25) is 0 Å². The summed E-state index contributed by atoms with van der Waals surface area (Å²) in [6.45, 7) is 2.29. The van der Waals surface area contributed by atoms with Crippen LogP contribution in [0.2, 0.25) is 5.21 Å². The number of unbranched alkanes of at least 4 members (excludes halogenated alkanes) is 13. The van der Waals surface area contributed by atoms with Crippen LogP contribution in [0.5, 0.6) is 0 Å². The molecular weight excluding hydrogens is 341 g/mol. The van der Waals surface area contributed by atoms with Crippen LogP contribution in [0.4, 0.5) is 0 Å². The molecule has 0 fully saturated rings. The van der Waals surface area contributed by atoms with Gasteiger partial charge >= 0.3 is 92.7 Å². The molecule has 0 aliphatic carbocycles. The molecule has 2 heteroatoms. The number of nitrogens with zero attached hydrogens (tertiary/aromatic N) is 1. The fourth-order valence-corrected chi connectivity index (χ4v) is 3.26. The van der Waals surface area contributed by atoms with Gasteiger partial charge in [0.1, 0.15) is 0 Å². The third-order valence-corrected chi connectivity index (χ3v) is 4.98. The SMILES string of the molecule is CCCCCCCCCCCCCCCC[AsH2].c1ccncc1. The molecule has 1 heterocycles. The Hall–Kier alpha value is -0.292. The first-order valence-corrected chi connectivity index (χ1v) is 11.7. The van der Waals surface area contributed by atoms with E-state index in [1.807, 2.05) is 35.1 Å². The van der Waals surface area contributed by atoms with Crippen LogP contribution in [0.15, 0.2) is 30.6 Å². The molecule has 0 aliphatic heterocycles. The maximum atomic E-state index is 3.78. The second-order valence-corrected chi connectivity index (χ2v) is 7.62. The minimum Gasteiger partial charge on any atom is -0.265 e. The van der Waals surface area contributed by atoms with Gasteiger partial charge in [0.15, 0.2) is 0 Å². The largest absolute Gasteiger partial charge is 0.265 e. The van der Waals surface area contributed by atoms with Crippen molar-refractivity contribution in [2.75, 3.05) is 0 Å². The number of hydrogen-bond acceptors (Lipinski definition) is 1. The molecule has 134 valence electrons. The van der Waals surface area contributed by atoms with Crippen molar-refractivity contribution >= 4 is 16.9 Å². The molecule has 0 amide bonds. The average molecular weight is 381 g/mol. The monoisotopic (exact) mass is 381 g/mol. The van der Waals surface area contributed by atoms with Gasteiger partial charge in [-0.1, -0.05) is 32.3 Å². The second-order valence-electron chi connectivity index (χ2n) is 6.41. The van der Waals surface area contributed by atoms with Gasteiger partial charge in [-0.05, 0) is 12.1 Å². The van der Waals surface area contributed by atoms with E-state index < -0.39 is 0 Å². The third kappa shape index (κ3) is 21.7. The minimum atomic E-state index is 1.37. The van der Waals surface area contributed by atoms with E-state index in [1.54, 1.807) is 12.4 Å². The van der Waals surface area contributed by atoms with Crippen molar-refractivity contribution in [1.29, 1.82) is 0 Å². The Bertz CT molecular complexity index is 248. The maximum absolute atomic E-state index is 3.78. The van der Waals surface area contributed by atoms with Crippen molar-refractivity contribution in [3.63, 3.8) is 0 Å². The van der Waals surface area contributed by atoms with E-state index in [1.165, 1.54) is 95.1 Å². The quantitative estimate of drug-likeness (QED) is 0.261. The van der Waals surface area contributed by atoms with Crippen LogP contribution in [-0.2, 0) is 0 Å². The Labute approximate surface area is 154 Å². The first kappa shape index (κ1) is 22.7. The van der Waals surface area contributed by atoms with Gasteiger partial charge < -0.3 is 0 Å². The Kier molecular flexibility index (Phi) is 21.4. The van der Waals surface area contributed by atoms with Crippen LogP contribution in [0.1, 0.15) is 96.8 Å². The molecule has 23 heavy (non-hydrogen) atoms. The summed E-state index contributed by atoms with van der Waals surface area (Å²) in [6, 6.07) is 5.72. The van der Waals surface area contributed by atoms with Crippen molar-refractivity contribution in [1.82, 2.24) is 4.98 Å². The molecule has 0 spiro atoms. The topological polar surface area (TPSA) is 12.9 Å². The summed E-state index contributed by atoms with van der Waals surface area (Å²) in [5.74, 6) is 0. The Morgan fingerprint density at radius 3 is 1.22 bits per heavy atom. The normalized spacial score (nSPS) is 10.2. The van der Waals surface area contributed by atoms with E-state index in [0.29, 0.717) is 0 Å². The summed E-state index contributed by atoms with van der Waals surface area (Å²) < 4.78 is 0. The fourth-order valence-electron chi connectivity index (χ4n) is 2.65. The molecule has 1 aromatic rings. The van der Waals surface area contributed by atoms with Gasteiger partial charge in [-0.25, -0.2) is 0 Å². The van der Waals surface area contributed by atoms with Crippen molar-refractivity contribution in [3.05, 3.63) is 30.6 Å². The van der Waals surface area contributed by atoms with E-state index in [9.17, 15) is 0 Å². The molecule has 0 saturated heterocycles. The van der Waals surface area contributed by atoms with E-state index in [2.05, 4.69) is 11.9 Å². The first-order chi connectivity index (χ1) is 11.4. The number of hydrogen-bond donors (Lipinski definition) is 0. The van der Waals surface area contributed by atoms with Gasteiger partial charge in [-0.2, -0.15) is 0 Å². The molecular formula is C21H40AsN. The predicted octanol–water partition coefficient (Wildman–Crippen LogP) is 6.60. The van der Waals surface area contributed by atoms with Crippen LogP contribution >= 0.6 is 0 Å². The standard InChI is InChI=1S/C16H35As.C5H5N/c1-2-3-4-5-6-7-8-9-10-11-12-13-14-15-16-17;1-2-4-6-5-3-1/h2-17H2,1H3;1-5H. The van der Waals surface area contributed by atoms with Gasteiger partial charge in [0.05, 0.1) is 0 Å². The Morgan fingerprint density at radius 2 is 0.957 bits per heavy atom. The zero-order chi connectivity index (χ0) is 16.8. The Balaban J connectivity index is 0.000000664. The molecule has 0 radical (unpaired) electrons. The molecule has 0 N–H and O–H groups in total. The Morgan fingerprint density at radius 1 is 0.565 bits per heavy atom. The number of aromatic nitrogens is 1. The summed E-state index contributed by atoms with van der Waals surface area (Å²) in [7, 11) is 0. The molecule has 0 aromatic carbocycles. The van der Waals surface area contributed by atoms with Gasteiger partial charge in [-0.3, -0.25) is 4.98 Å². The van der Waals surface area contributed by atoms with Gasteiger partial charge in [-0.15, -0.1) is 0 Å². The van der Waals surface area contributed by atoms with Gasteiger partial charge in [0, 0.05) is 12.4 Å². The van der Waals surface area contributed by atoms with Crippen LogP contribution in [0.25, 0.3) is 0 Å². The summed E-state index contributed by atoms with van der Waals surface area (Å²) in [4.78, 5) is 3.78. The van der Waals surface area contributed by atoms with Crippen LogP contribution < -0.4 is 0 Å². The second kappa shape index (κ2) is 21.7. The van der Waals surface area contributed by atoms with Crippen molar-refractivity contribution < 1.29 is 0 Å². The number of rotatable bonds is 14. The van der Waals surface area contributed by atoms with E-state index in [-0.39, 0.29) is 0 Å². The molecule has 1 aromatic heterocycles. The van der Waals surface area contributed by atoms with Crippen molar-refractivity contribution in [3.8, 4) is 0 Å². The van der Waals surface area contributed by atoms with E-state index >= 15 is 0 Å². The zero-order valence-corrected chi connectivity index (χ0v) is 17.9. The molecule has 0 aliphatic rings. The van der Waals surface area contributed by atoms with E-state index in [0.717, 1.165) is 0 Å². The zero-order valence-electron chi connectivity index (χ0n) is 15.5. The molecule has 1 nitrogen and oxygen atoms in total. The van der Waals surface area contributed by atoms with Gasteiger partial charge in [0.25, 0.3) is 0 Å². The maximum Gasteiger partial charge on any atom is 0.0267 e. The molecule has 0 saturated carbocycles. The summed E-state index contributed by atoms with van der Waals surface area (Å²) >= 11 is 1.90. The molecule has 1 rings (SSSR count). The van der Waals surface area contributed by atoms with Crippen molar-refractivity contribution in [2.24, 2.45) is 0 Å². The van der Waals surface area contributed by atoms with Crippen molar-refractivity contribution in [2.45, 2.75) is 102 Å². The minimum absolute atomic E-state index is 1.37. The van der Waals surface area contributed by atoms with Crippen LogP contribution in [0.3, 0.4) is 0 Å². The van der Waals surface area contributed by atoms with Crippen LogP contribution in [-0.4, -0.2) is 21.8 Å².